The molecule has 0 aromatic rings. The Morgan fingerprint density at radius 1 is 1.28 bits per heavy atom. The van der Waals surface area contributed by atoms with Gasteiger partial charge in [-0.15, -0.1) is 0 Å². The van der Waals surface area contributed by atoms with Crippen molar-refractivity contribution in [1.82, 2.24) is 10.6 Å². The SMILES string of the molecule is CC(C)CC1(C(=O)NC2C3CNCC32)CCCC1. The van der Waals surface area contributed by atoms with Gasteiger partial charge in [0.25, 0.3) is 0 Å². The van der Waals surface area contributed by atoms with Crippen molar-refractivity contribution in [2.45, 2.75) is 52.0 Å². The van der Waals surface area contributed by atoms with Gasteiger partial charge in [0.1, 0.15) is 0 Å². The molecule has 0 aromatic heterocycles. The smallest absolute Gasteiger partial charge is 0.226 e. The summed E-state index contributed by atoms with van der Waals surface area (Å²) in [6.45, 7) is 6.69. The third kappa shape index (κ3) is 2.07. The van der Waals surface area contributed by atoms with Crippen LogP contribution in [0.3, 0.4) is 0 Å². The van der Waals surface area contributed by atoms with Crippen LogP contribution in [0.25, 0.3) is 0 Å². The lowest BCUT2D eigenvalue weighted by atomic mass is 9.77. The Kier molecular flexibility index (Phi) is 3.13. The monoisotopic (exact) mass is 250 g/mol. The van der Waals surface area contributed by atoms with E-state index in [-0.39, 0.29) is 5.41 Å². The molecule has 1 saturated heterocycles. The van der Waals surface area contributed by atoms with Gasteiger partial charge in [0.2, 0.25) is 5.91 Å². The molecule has 0 radical (unpaired) electrons. The van der Waals surface area contributed by atoms with Gasteiger partial charge in [-0.3, -0.25) is 4.79 Å². The highest BCUT2D eigenvalue weighted by atomic mass is 16.2. The van der Waals surface area contributed by atoms with Crippen LogP contribution in [-0.2, 0) is 4.79 Å². The number of piperidine rings is 1. The Hall–Kier alpha value is -0.570. The highest BCUT2D eigenvalue weighted by Gasteiger charge is 2.55. The molecule has 3 fully saturated rings. The van der Waals surface area contributed by atoms with Crippen LogP contribution in [0, 0.1) is 23.2 Å². The molecular weight excluding hydrogens is 224 g/mol. The van der Waals surface area contributed by atoms with Gasteiger partial charge in [0.05, 0.1) is 0 Å². The van der Waals surface area contributed by atoms with E-state index in [1.54, 1.807) is 0 Å². The van der Waals surface area contributed by atoms with E-state index in [1.807, 2.05) is 0 Å². The molecule has 102 valence electrons. The Morgan fingerprint density at radius 2 is 1.89 bits per heavy atom. The van der Waals surface area contributed by atoms with Crippen LogP contribution in [0.15, 0.2) is 0 Å². The van der Waals surface area contributed by atoms with Gasteiger partial charge in [-0.25, -0.2) is 0 Å². The molecule has 2 N–H and O–H groups in total. The van der Waals surface area contributed by atoms with Crippen LogP contribution in [-0.4, -0.2) is 25.0 Å². The molecule has 2 aliphatic carbocycles. The molecule has 0 aromatic carbocycles. The number of hydrogen-bond donors (Lipinski definition) is 2. The minimum absolute atomic E-state index is 0.0293. The second-order valence-corrected chi connectivity index (χ2v) is 7.07. The summed E-state index contributed by atoms with van der Waals surface area (Å²) in [5, 5.41) is 6.75. The standard InChI is InChI=1S/C15H26N2O/c1-10(2)7-15(5-3-4-6-15)14(18)17-13-11-8-16-9-12(11)13/h10-13,16H,3-9H2,1-2H3,(H,17,18). The Morgan fingerprint density at radius 3 is 2.44 bits per heavy atom. The molecule has 3 nitrogen and oxygen atoms in total. The summed E-state index contributed by atoms with van der Waals surface area (Å²) >= 11 is 0. The van der Waals surface area contributed by atoms with Gasteiger partial charge in [0, 0.05) is 24.5 Å². The minimum Gasteiger partial charge on any atom is -0.352 e. The molecule has 2 unspecified atom stereocenters. The molecule has 2 saturated carbocycles. The molecule has 2 atom stereocenters. The first-order valence-corrected chi connectivity index (χ1v) is 7.64. The molecule has 1 aliphatic heterocycles. The number of carbonyl (C=O) groups excluding carboxylic acids is 1. The molecule has 0 bridgehead atoms. The van der Waals surface area contributed by atoms with Crippen molar-refractivity contribution in [3.63, 3.8) is 0 Å². The predicted octanol–water partition coefficient (Wildman–Crippen LogP) is 1.93. The molecule has 3 aliphatic rings. The average Bonchev–Trinajstić information content (AvgIpc) is 2.78. The average molecular weight is 250 g/mol. The normalized spacial score (nSPS) is 36.7. The lowest BCUT2D eigenvalue weighted by molar-refractivity contribution is -0.132. The van der Waals surface area contributed by atoms with E-state index in [0.717, 1.165) is 44.2 Å². The van der Waals surface area contributed by atoms with Crippen LogP contribution in [0.4, 0.5) is 0 Å². The highest BCUT2D eigenvalue weighted by molar-refractivity contribution is 5.83. The summed E-state index contributed by atoms with van der Waals surface area (Å²) in [4.78, 5) is 12.7. The number of fused-ring (bicyclic) bond motifs is 1. The summed E-state index contributed by atoms with van der Waals surface area (Å²) in [5.41, 5.74) is -0.0293. The van der Waals surface area contributed by atoms with Crippen molar-refractivity contribution in [2.75, 3.05) is 13.1 Å². The summed E-state index contributed by atoms with van der Waals surface area (Å²) in [7, 11) is 0. The van der Waals surface area contributed by atoms with Crippen LogP contribution in [0.1, 0.15) is 46.0 Å². The molecule has 18 heavy (non-hydrogen) atoms. The largest absolute Gasteiger partial charge is 0.352 e. The minimum atomic E-state index is -0.0293. The first-order valence-electron chi connectivity index (χ1n) is 7.64. The number of rotatable bonds is 4. The molecule has 1 amide bonds. The van der Waals surface area contributed by atoms with Crippen molar-refractivity contribution >= 4 is 5.91 Å². The maximum atomic E-state index is 12.7. The lowest BCUT2D eigenvalue weighted by Gasteiger charge is -2.30. The van der Waals surface area contributed by atoms with E-state index >= 15 is 0 Å². The fourth-order valence-corrected chi connectivity index (χ4v) is 4.29. The third-order valence-corrected chi connectivity index (χ3v) is 5.23. The summed E-state index contributed by atoms with van der Waals surface area (Å²) < 4.78 is 0. The highest BCUT2D eigenvalue weighted by Crippen LogP contribution is 2.46. The fourth-order valence-electron chi connectivity index (χ4n) is 4.29. The molecule has 3 rings (SSSR count). The topological polar surface area (TPSA) is 41.1 Å². The van der Waals surface area contributed by atoms with E-state index in [2.05, 4.69) is 24.5 Å². The molecule has 1 heterocycles. The number of carbonyl (C=O) groups is 1. The maximum absolute atomic E-state index is 12.7. The first kappa shape index (κ1) is 12.5. The fraction of sp³-hybridized carbons (Fsp3) is 0.933. The second-order valence-electron chi connectivity index (χ2n) is 7.07. The van der Waals surface area contributed by atoms with E-state index in [0.29, 0.717) is 17.9 Å². The van der Waals surface area contributed by atoms with Crippen molar-refractivity contribution in [2.24, 2.45) is 23.2 Å². The third-order valence-electron chi connectivity index (χ3n) is 5.23. The predicted molar refractivity (Wildman–Crippen MR) is 72.1 cm³/mol. The molecular formula is C15H26N2O. The van der Waals surface area contributed by atoms with Gasteiger partial charge >= 0.3 is 0 Å². The summed E-state index contributed by atoms with van der Waals surface area (Å²) in [6.07, 6.45) is 5.76. The first-order chi connectivity index (χ1) is 8.62. The van der Waals surface area contributed by atoms with Gasteiger partial charge in [-0.1, -0.05) is 26.7 Å². The van der Waals surface area contributed by atoms with Crippen molar-refractivity contribution < 1.29 is 4.79 Å². The van der Waals surface area contributed by atoms with Gasteiger partial charge < -0.3 is 10.6 Å². The van der Waals surface area contributed by atoms with E-state index in [4.69, 9.17) is 0 Å². The van der Waals surface area contributed by atoms with Crippen LogP contribution in [0.5, 0.6) is 0 Å². The zero-order chi connectivity index (χ0) is 12.8. The lowest BCUT2D eigenvalue weighted by Crippen LogP contribution is -2.43. The quantitative estimate of drug-likeness (QED) is 0.800. The summed E-state index contributed by atoms with van der Waals surface area (Å²) in [5.74, 6) is 2.44. The van der Waals surface area contributed by atoms with Crippen LogP contribution < -0.4 is 10.6 Å². The van der Waals surface area contributed by atoms with Crippen molar-refractivity contribution in [1.29, 1.82) is 0 Å². The number of amides is 1. The second kappa shape index (κ2) is 4.52. The Labute approximate surface area is 110 Å². The van der Waals surface area contributed by atoms with Gasteiger partial charge in [-0.05, 0) is 37.0 Å². The Balaban J connectivity index is 1.62. The van der Waals surface area contributed by atoms with Crippen LogP contribution in [0.2, 0.25) is 0 Å². The number of hydrogen-bond acceptors (Lipinski definition) is 2. The van der Waals surface area contributed by atoms with Gasteiger partial charge in [0.15, 0.2) is 0 Å². The van der Waals surface area contributed by atoms with Crippen LogP contribution >= 0.6 is 0 Å². The van der Waals surface area contributed by atoms with E-state index in [9.17, 15) is 4.79 Å². The van der Waals surface area contributed by atoms with Crippen molar-refractivity contribution in [3.8, 4) is 0 Å². The maximum Gasteiger partial charge on any atom is 0.226 e. The Bertz CT molecular complexity index is 323. The molecule has 0 spiro atoms. The molecule has 3 heteroatoms. The van der Waals surface area contributed by atoms with E-state index in [1.165, 1.54) is 12.8 Å². The van der Waals surface area contributed by atoms with Crippen molar-refractivity contribution in [3.05, 3.63) is 0 Å². The van der Waals surface area contributed by atoms with E-state index < -0.39 is 0 Å². The zero-order valence-corrected chi connectivity index (χ0v) is 11.7. The number of nitrogens with one attached hydrogen (secondary N) is 2. The summed E-state index contributed by atoms with van der Waals surface area (Å²) in [6, 6.07) is 0.489. The van der Waals surface area contributed by atoms with Gasteiger partial charge in [-0.2, -0.15) is 0 Å². The zero-order valence-electron chi connectivity index (χ0n) is 11.7.